The summed E-state index contributed by atoms with van der Waals surface area (Å²) in [4.78, 5) is 4.06. The molecule has 0 aliphatic carbocycles. The topological polar surface area (TPSA) is 71.7 Å². The molecule has 0 aliphatic heterocycles. The number of alkyl halides is 2. The average Bonchev–Trinajstić information content (AvgIpc) is 2.21. The van der Waals surface area contributed by atoms with Crippen molar-refractivity contribution >= 4 is 5.96 Å². The standard InChI is InChI=1S/C8H18F2N4O/c1-2-3-12-8(14-11)13-4-5-15-6-7(9)10/h7H,2-6,11H2,1H3,(H2,12,13,14). The summed E-state index contributed by atoms with van der Waals surface area (Å²) in [6.45, 7) is 2.68. The first kappa shape index (κ1) is 14.1. The monoisotopic (exact) mass is 224 g/mol. The van der Waals surface area contributed by atoms with E-state index in [1.165, 1.54) is 0 Å². The molecule has 0 aromatic carbocycles. The molecule has 0 atom stereocenters. The maximum absolute atomic E-state index is 11.7. The zero-order valence-electron chi connectivity index (χ0n) is 8.80. The van der Waals surface area contributed by atoms with E-state index in [0.29, 0.717) is 19.0 Å². The molecule has 5 nitrogen and oxygen atoms in total. The molecule has 90 valence electrons. The van der Waals surface area contributed by atoms with Crippen molar-refractivity contribution in [2.24, 2.45) is 10.8 Å². The lowest BCUT2D eigenvalue weighted by atomic mass is 10.5. The lowest BCUT2D eigenvalue weighted by molar-refractivity contribution is 0.0196. The van der Waals surface area contributed by atoms with Crippen LogP contribution in [0, 0.1) is 0 Å². The van der Waals surface area contributed by atoms with Crippen molar-refractivity contribution in [1.82, 2.24) is 10.7 Å². The van der Waals surface area contributed by atoms with Gasteiger partial charge in [0.2, 0.25) is 5.96 Å². The molecule has 0 unspecified atom stereocenters. The predicted octanol–water partition coefficient (Wildman–Crippen LogP) is 0.0870. The molecule has 0 saturated carbocycles. The van der Waals surface area contributed by atoms with Crippen molar-refractivity contribution in [2.75, 3.05) is 26.3 Å². The van der Waals surface area contributed by atoms with Crippen molar-refractivity contribution in [3.63, 3.8) is 0 Å². The van der Waals surface area contributed by atoms with E-state index < -0.39 is 13.0 Å². The number of hydrazine groups is 1. The average molecular weight is 224 g/mol. The number of guanidine groups is 1. The molecule has 4 N–H and O–H groups in total. The van der Waals surface area contributed by atoms with Crippen LogP contribution in [0.15, 0.2) is 4.99 Å². The molecule has 0 aromatic heterocycles. The quantitative estimate of drug-likeness (QED) is 0.188. The van der Waals surface area contributed by atoms with Crippen LogP contribution in [0.25, 0.3) is 0 Å². The van der Waals surface area contributed by atoms with Gasteiger partial charge in [-0.05, 0) is 6.42 Å². The van der Waals surface area contributed by atoms with Gasteiger partial charge in [-0.2, -0.15) is 0 Å². The minimum absolute atomic E-state index is 0.192. The highest BCUT2D eigenvalue weighted by Crippen LogP contribution is 1.91. The summed E-state index contributed by atoms with van der Waals surface area (Å²) in [6.07, 6.45) is -1.51. The zero-order valence-corrected chi connectivity index (χ0v) is 8.80. The largest absolute Gasteiger partial charge is 0.374 e. The normalized spacial score (nSPS) is 11.9. The molecule has 0 fully saturated rings. The van der Waals surface area contributed by atoms with Crippen LogP contribution in [-0.4, -0.2) is 38.7 Å². The van der Waals surface area contributed by atoms with Crippen LogP contribution in [0.2, 0.25) is 0 Å². The van der Waals surface area contributed by atoms with E-state index in [1.54, 1.807) is 0 Å². The molecule has 0 rings (SSSR count). The number of hydrogen-bond donors (Lipinski definition) is 3. The first-order valence-electron chi connectivity index (χ1n) is 4.81. The maximum Gasteiger partial charge on any atom is 0.261 e. The van der Waals surface area contributed by atoms with E-state index in [-0.39, 0.29) is 6.61 Å². The number of hydrogen-bond acceptors (Lipinski definition) is 3. The van der Waals surface area contributed by atoms with Crippen LogP contribution in [-0.2, 0) is 4.74 Å². The summed E-state index contributed by atoms with van der Waals surface area (Å²) in [5.74, 6) is 5.61. The summed E-state index contributed by atoms with van der Waals surface area (Å²) in [6, 6.07) is 0. The fraction of sp³-hybridized carbons (Fsp3) is 0.875. The lowest BCUT2D eigenvalue weighted by Gasteiger charge is -2.09. The van der Waals surface area contributed by atoms with Gasteiger partial charge < -0.3 is 10.1 Å². The predicted molar refractivity (Wildman–Crippen MR) is 54.7 cm³/mol. The summed E-state index contributed by atoms with van der Waals surface area (Å²) >= 11 is 0. The smallest absolute Gasteiger partial charge is 0.261 e. The number of ether oxygens (including phenoxy) is 1. The van der Waals surface area contributed by atoms with Gasteiger partial charge >= 0.3 is 0 Å². The molecule has 0 saturated heterocycles. The SMILES string of the molecule is CCCN=C(NN)NCCOCC(F)F. The molecule has 0 spiro atoms. The van der Waals surface area contributed by atoms with Crippen LogP contribution in [0.1, 0.15) is 13.3 Å². The van der Waals surface area contributed by atoms with Crippen LogP contribution < -0.4 is 16.6 Å². The highest BCUT2D eigenvalue weighted by Gasteiger charge is 2.01. The molecular weight excluding hydrogens is 206 g/mol. The van der Waals surface area contributed by atoms with E-state index in [2.05, 4.69) is 20.5 Å². The Morgan fingerprint density at radius 3 is 2.80 bits per heavy atom. The number of aliphatic imine (C=N–C) groups is 1. The third-order valence-corrected chi connectivity index (χ3v) is 1.41. The first-order chi connectivity index (χ1) is 7.20. The molecule has 0 amide bonds. The van der Waals surface area contributed by atoms with E-state index in [1.807, 2.05) is 6.92 Å². The van der Waals surface area contributed by atoms with E-state index in [9.17, 15) is 8.78 Å². The fourth-order valence-corrected chi connectivity index (χ4v) is 0.790. The summed E-state index contributed by atoms with van der Waals surface area (Å²) < 4.78 is 28.0. The summed E-state index contributed by atoms with van der Waals surface area (Å²) in [5, 5.41) is 2.82. The fourth-order valence-electron chi connectivity index (χ4n) is 0.790. The van der Waals surface area contributed by atoms with Gasteiger partial charge in [-0.3, -0.25) is 10.4 Å². The third kappa shape index (κ3) is 9.36. The minimum atomic E-state index is -2.43. The Bertz CT molecular complexity index is 178. The van der Waals surface area contributed by atoms with Crippen molar-refractivity contribution in [3.05, 3.63) is 0 Å². The van der Waals surface area contributed by atoms with Gasteiger partial charge in [0.25, 0.3) is 6.43 Å². The highest BCUT2D eigenvalue weighted by atomic mass is 19.3. The third-order valence-electron chi connectivity index (χ3n) is 1.41. The Hall–Kier alpha value is -0.950. The lowest BCUT2D eigenvalue weighted by Crippen LogP contribution is -2.43. The Morgan fingerprint density at radius 2 is 2.27 bits per heavy atom. The van der Waals surface area contributed by atoms with Gasteiger partial charge in [0.1, 0.15) is 6.61 Å². The number of halogens is 2. The molecule has 0 aliphatic rings. The Kier molecular flexibility index (Phi) is 8.99. The first-order valence-corrected chi connectivity index (χ1v) is 4.81. The Balaban J connectivity index is 3.46. The molecule has 0 bridgehead atoms. The number of nitrogens with zero attached hydrogens (tertiary/aromatic N) is 1. The minimum Gasteiger partial charge on any atom is -0.374 e. The van der Waals surface area contributed by atoms with Crippen molar-refractivity contribution < 1.29 is 13.5 Å². The van der Waals surface area contributed by atoms with Gasteiger partial charge in [0.05, 0.1) is 6.61 Å². The number of nitrogens with two attached hydrogens (primary N) is 1. The van der Waals surface area contributed by atoms with Crippen LogP contribution in [0.5, 0.6) is 0 Å². The second kappa shape index (κ2) is 9.60. The van der Waals surface area contributed by atoms with Crippen LogP contribution >= 0.6 is 0 Å². The number of rotatable bonds is 7. The Morgan fingerprint density at radius 1 is 1.53 bits per heavy atom. The molecule has 0 radical (unpaired) electrons. The second-order valence-corrected chi connectivity index (χ2v) is 2.77. The summed E-state index contributed by atoms with van der Waals surface area (Å²) in [5.41, 5.74) is 2.37. The van der Waals surface area contributed by atoms with Crippen LogP contribution in [0.4, 0.5) is 8.78 Å². The molecular formula is C8H18F2N4O. The van der Waals surface area contributed by atoms with Crippen LogP contribution in [0.3, 0.4) is 0 Å². The maximum atomic E-state index is 11.7. The molecule has 0 aromatic rings. The van der Waals surface area contributed by atoms with Gasteiger partial charge in [0.15, 0.2) is 0 Å². The van der Waals surface area contributed by atoms with Crippen molar-refractivity contribution in [1.29, 1.82) is 0 Å². The molecule has 15 heavy (non-hydrogen) atoms. The molecule has 7 heteroatoms. The second-order valence-electron chi connectivity index (χ2n) is 2.77. The van der Waals surface area contributed by atoms with Gasteiger partial charge in [-0.15, -0.1) is 0 Å². The van der Waals surface area contributed by atoms with Gasteiger partial charge in [-0.1, -0.05) is 6.92 Å². The number of nitrogens with one attached hydrogen (secondary N) is 2. The highest BCUT2D eigenvalue weighted by molar-refractivity contribution is 5.79. The van der Waals surface area contributed by atoms with Crippen molar-refractivity contribution in [2.45, 2.75) is 19.8 Å². The molecule has 0 heterocycles. The van der Waals surface area contributed by atoms with E-state index in [4.69, 9.17) is 5.84 Å². The van der Waals surface area contributed by atoms with E-state index >= 15 is 0 Å². The van der Waals surface area contributed by atoms with Gasteiger partial charge in [-0.25, -0.2) is 14.6 Å². The van der Waals surface area contributed by atoms with E-state index in [0.717, 1.165) is 6.42 Å². The zero-order chi connectivity index (χ0) is 11.5. The van der Waals surface area contributed by atoms with Crippen molar-refractivity contribution in [3.8, 4) is 0 Å². The Labute approximate surface area is 88.0 Å². The summed E-state index contributed by atoms with van der Waals surface area (Å²) in [7, 11) is 0. The van der Waals surface area contributed by atoms with Gasteiger partial charge in [0, 0.05) is 13.1 Å².